The summed E-state index contributed by atoms with van der Waals surface area (Å²) in [5, 5.41) is 8.07. The number of ether oxygens (including phenoxy) is 1. The van der Waals surface area contributed by atoms with E-state index in [0.29, 0.717) is 9.28 Å². The highest BCUT2D eigenvalue weighted by Gasteiger charge is 2.81. The average Bonchev–Trinajstić information content (AvgIpc) is 2.85. The lowest BCUT2D eigenvalue weighted by molar-refractivity contribution is -0.397. The molecule has 15 heteroatoms. The van der Waals surface area contributed by atoms with Crippen LogP contribution in [0.25, 0.3) is 0 Å². The Bertz CT molecular complexity index is 847. The Morgan fingerprint density at radius 1 is 0.854 bits per heavy atom. The maximum atomic E-state index is 13.8. The summed E-state index contributed by atoms with van der Waals surface area (Å²) in [6, 6.07) is 1.94. The number of rotatable bonds is 20. The van der Waals surface area contributed by atoms with Gasteiger partial charge < -0.3 is 4.74 Å². The molecule has 0 fully saturated rings. The number of carbonyl (C=O) groups is 1. The van der Waals surface area contributed by atoms with E-state index in [1.54, 1.807) is 0 Å². The van der Waals surface area contributed by atoms with Crippen molar-refractivity contribution in [3.8, 4) is 6.07 Å². The van der Waals surface area contributed by atoms with E-state index in [9.17, 15) is 49.6 Å². The van der Waals surface area contributed by atoms with E-state index in [2.05, 4.69) is 11.7 Å². The summed E-state index contributed by atoms with van der Waals surface area (Å²) >= 11 is 7.34. The van der Waals surface area contributed by atoms with Gasteiger partial charge in [-0.2, -0.15) is 44.8 Å². The predicted molar refractivity (Wildman–Crippen MR) is 149 cm³/mol. The van der Waals surface area contributed by atoms with Gasteiger partial charge in [-0.3, -0.25) is 4.79 Å². The van der Waals surface area contributed by atoms with Gasteiger partial charge in [0.1, 0.15) is 8.78 Å². The zero-order valence-corrected chi connectivity index (χ0v) is 25.8. The number of carbonyl (C=O) groups excluding carboxylic acids is 1. The van der Waals surface area contributed by atoms with Crippen LogP contribution in [0.5, 0.6) is 0 Å². The second kappa shape index (κ2) is 18.0. The maximum Gasteiger partial charge on any atom is 0.460 e. The van der Waals surface area contributed by atoms with E-state index < -0.39 is 53.6 Å². The molecule has 0 N–H and O–H groups in total. The molecule has 0 bridgehead atoms. The van der Waals surface area contributed by atoms with Crippen molar-refractivity contribution in [3.05, 3.63) is 0 Å². The molecule has 0 rings (SSSR count). The summed E-state index contributed by atoms with van der Waals surface area (Å²) in [4.78, 5) is 12.5. The average molecular weight is 664 g/mol. The molecule has 0 spiro atoms. The number of thioether (sulfide) groups is 2. The van der Waals surface area contributed by atoms with E-state index in [1.165, 1.54) is 64.1 Å². The Balaban J connectivity index is 4.87. The van der Waals surface area contributed by atoms with Gasteiger partial charge in [-0.1, -0.05) is 88.7 Å². The Kier molecular flexibility index (Phi) is 17.7. The van der Waals surface area contributed by atoms with Crippen LogP contribution in [0.2, 0.25) is 0 Å². The van der Waals surface area contributed by atoms with Crippen molar-refractivity contribution in [1.29, 1.82) is 5.26 Å². The molecule has 0 radical (unpaired) electrons. The molecule has 0 aliphatic heterocycles. The van der Waals surface area contributed by atoms with Gasteiger partial charge in [-0.05, 0) is 32.4 Å². The number of nitrogens with zero attached hydrogens (tertiary/aromatic N) is 1. The monoisotopic (exact) mass is 663 g/mol. The molecule has 0 aromatic rings. The molecule has 0 amide bonds. The SMILES string of the molecule is CCCCCCCCCCCCSC(=S)SC(CC(C)(C)C#N)C(=O)OCCC(F)(F)C(F)(F)C(F)(F)C(F)(F)F. The number of thiocarbonyl (C=S) groups is 1. The number of unbranched alkanes of at least 4 members (excludes halogenated alkanes) is 9. The Labute approximate surface area is 250 Å². The first-order valence-electron chi connectivity index (χ1n) is 13.4. The van der Waals surface area contributed by atoms with Crippen molar-refractivity contribution < 1.29 is 49.0 Å². The highest BCUT2D eigenvalue weighted by molar-refractivity contribution is 8.47. The summed E-state index contributed by atoms with van der Waals surface area (Å²) in [6.07, 6.45) is 1.99. The first-order chi connectivity index (χ1) is 18.8. The molecule has 0 heterocycles. The molecule has 0 aromatic carbocycles. The van der Waals surface area contributed by atoms with Crippen LogP contribution in [0.1, 0.15) is 97.8 Å². The van der Waals surface area contributed by atoms with Crippen molar-refractivity contribution in [2.24, 2.45) is 5.41 Å². The fourth-order valence-electron chi connectivity index (χ4n) is 3.51. The van der Waals surface area contributed by atoms with E-state index in [4.69, 9.17) is 12.2 Å². The standard InChI is InChI=1S/C26H38F9NO2S3/c1-4-5-6-7-8-9-10-11-12-13-16-40-21(39)41-19(17-22(2,3)18-36)20(37)38-15-14-23(27,28)24(29,30)25(31,32)26(33,34)35/h19H,4-17H2,1-3H3. The predicted octanol–water partition coefficient (Wildman–Crippen LogP) is 10.4. The van der Waals surface area contributed by atoms with Gasteiger partial charge >= 0.3 is 29.9 Å². The van der Waals surface area contributed by atoms with Crippen LogP contribution < -0.4 is 0 Å². The number of alkyl halides is 9. The number of esters is 1. The summed E-state index contributed by atoms with van der Waals surface area (Å²) in [5.74, 6) is -20.2. The van der Waals surface area contributed by atoms with E-state index in [1.807, 2.05) is 6.07 Å². The van der Waals surface area contributed by atoms with Crippen LogP contribution in [0.4, 0.5) is 39.5 Å². The van der Waals surface area contributed by atoms with E-state index in [0.717, 1.165) is 37.4 Å². The number of hydrogen-bond acceptors (Lipinski definition) is 6. The highest BCUT2D eigenvalue weighted by atomic mass is 32.2. The van der Waals surface area contributed by atoms with Crippen molar-refractivity contribution in [1.82, 2.24) is 0 Å². The van der Waals surface area contributed by atoms with Crippen molar-refractivity contribution in [2.75, 3.05) is 12.4 Å². The first-order valence-corrected chi connectivity index (χ1v) is 15.6. The number of nitriles is 1. The number of halogens is 9. The molecule has 41 heavy (non-hydrogen) atoms. The van der Waals surface area contributed by atoms with Gasteiger partial charge in [0.2, 0.25) is 0 Å². The van der Waals surface area contributed by atoms with Crippen LogP contribution >= 0.6 is 35.7 Å². The zero-order chi connectivity index (χ0) is 32.0. The number of hydrogen-bond donors (Lipinski definition) is 0. The molecule has 0 saturated heterocycles. The van der Waals surface area contributed by atoms with Gasteiger partial charge in [0.05, 0.1) is 24.5 Å². The topological polar surface area (TPSA) is 50.1 Å². The fourth-order valence-corrected chi connectivity index (χ4v) is 6.40. The van der Waals surface area contributed by atoms with E-state index >= 15 is 0 Å². The lowest BCUT2D eigenvalue weighted by atomic mass is 9.89. The van der Waals surface area contributed by atoms with Crippen LogP contribution in [0.3, 0.4) is 0 Å². The second-order valence-electron chi connectivity index (χ2n) is 10.4. The molecule has 0 aliphatic carbocycles. The molecule has 240 valence electrons. The molecular formula is C26H38F9NO2S3. The molecule has 0 aliphatic rings. The van der Waals surface area contributed by atoms with Gasteiger partial charge in [0, 0.05) is 0 Å². The third-order valence-electron chi connectivity index (χ3n) is 6.09. The summed E-state index contributed by atoms with van der Waals surface area (Å²) in [6.45, 7) is 3.56. The lowest BCUT2D eigenvalue weighted by Crippen LogP contribution is -2.61. The Morgan fingerprint density at radius 2 is 1.34 bits per heavy atom. The van der Waals surface area contributed by atoms with E-state index in [-0.39, 0.29) is 6.42 Å². The maximum absolute atomic E-state index is 13.8. The molecular weight excluding hydrogens is 625 g/mol. The van der Waals surface area contributed by atoms with Crippen molar-refractivity contribution >= 4 is 45.2 Å². The minimum Gasteiger partial charge on any atom is -0.465 e. The largest absolute Gasteiger partial charge is 0.465 e. The summed E-state index contributed by atoms with van der Waals surface area (Å²) in [7, 11) is 0. The summed E-state index contributed by atoms with van der Waals surface area (Å²) in [5.41, 5.74) is -1.11. The minimum atomic E-state index is -7.01. The smallest absolute Gasteiger partial charge is 0.460 e. The molecule has 1 atom stereocenters. The first kappa shape index (κ1) is 40.1. The Morgan fingerprint density at radius 3 is 1.80 bits per heavy atom. The van der Waals surface area contributed by atoms with Crippen LogP contribution in [0.15, 0.2) is 0 Å². The Hall–Kier alpha value is -0.880. The van der Waals surface area contributed by atoms with Gasteiger partial charge in [-0.15, -0.1) is 11.8 Å². The highest BCUT2D eigenvalue weighted by Crippen LogP contribution is 2.54. The van der Waals surface area contributed by atoms with Crippen LogP contribution in [-0.2, 0) is 9.53 Å². The third-order valence-corrected chi connectivity index (χ3v) is 8.94. The molecule has 1 unspecified atom stereocenters. The molecule has 3 nitrogen and oxygen atoms in total. The van der Waals surface area contributed by atoms with Crippen LogP contribution in [-0.4, -0.2) is 51.1 Å². The molecule has 0 saturated carbocycles. The minimum absolute atomic E-state index is 0.176. The van der Waals surface area contributed by atoms with Gasteiger partial charge in [-0.25, -0.2) is 0 Å². The summed E-state index contributed by atoms with van der Waals surface area (Å²) < 4.78 is 122. The lowest BCUT2D eigenvalue weighted by Gasteiger charge is -2.33. The quantitative estimate of drug-likeness (QED) is 0.0559. The normalized spacial score (nSPS) is 14.0. The van der Waals surface area contributed by atoms with Gasteiger partial charge in [0.15, 0.2) is 0 Å². The second-order valence-corrected chi connectivity index (χ2v) is 13.9. The zero-order valence-electron chi connectivity index (χ0n) is 23.4. The molecule has 0 aromatic heterocycles. The fraction of sp³-hybridized carbons (Fsp3) is 0.885. The third kappa shape index (κ3) is 14.0. The van der Waals surface area contributed by atoms with Crippen LogP contribution in [0, 0.1) is 16.7 Å². The van der Waals surface area contributed by atoms with Crippen molar-refractivity contribution in [3.63, 3.8) is 0 Å². The van der Waals surface area contributed by atoms with Gasteiger partial charge in [0.25, 0.3) is 0 Å². The van der Waals surface area contributed by atoms with Crippen molar-refractivity contribution in [2.45, 2.75) is 127 Å².